The molecule has 2 rings (SSSR count). The summed E-state index contributed by atoms with van der Waals surface area (Å²) in [6.07, 6.45) is 10.2. The van der Waals surface area contributed by atoms with Crippen LogP contribution in [0.1, 0.15) is 44.2 Å². The van der Waals surface area contributed by atoms with Gasteiger partial charge in [0, 0.05) is 17.9 Å². The number of aromatic amines is 1. The van der Waals surface area contributed by atoms with E-state index in [-0.39, 0.29) is 17.5 Å². The van der Waals surface area contributed by atoms with E-state index in [1.165, 1.54) is 12.8 Å². The largest absolute Gasteiger partial charge is 0.362 e. The van der Waals surface area contributed by atoms with Crippen LogP contribution in [0.5, 0.6) is 0 Å². The lowest BCUT2D eigenvalue weighted by Gasteiger charge is -2.15. The van der Waals surface area contributed by atoms with Gasteiger partial charge in [-0.05, 0) is 31.1 Å². The third kappa shape index (κ3) is 3.99. The zero-order valence-corrected chi connectivity index (χ0v) is 11.0. The number of amides is 1. The van der Waals surface area contributed by atoms with Gasteiger partial charge in [-0.1, -0.05) is 25.7 Å². The summed E-state index contributed by atoms with van der Waals surface area (Å²) in [4.78, 5) is 15.0. The highest BCUT2D eigenvalue weighted by Crippen LogP contribution is 2.17. The van der Waals surface area contributed by atoms with Crippen LogP contribution in [-0.4, -0.2) is 16.9 Å². The molecule has 1 aromatic rings. The molecule has 1 aliphatic carbocycles. The lowest BCUT2D eigenvalue weighted by Crippen LogP contribution is -2.35. The molecule has 19 heavy (non-hydrogen) atoms. The molecule has 4 nitrogen and oxygen atoms in total. The van der Waals surface area contributed by atoms with Gasteiger partial charge in [0.15, 0.2) is 0 Å². The van der Waals surface area contributed by atoms with Gasteiger partial charge in [-0.15, -0.1) is 0 Å². The lowest BCUT2D eigenvalue weighted by molar-refractivity contribution is -0.117. The van der Waals surface area contributed by atoms with Gasteiger partial charge in [0.1, 0.15) is 11.6 Å². The van der Waals surface area contributed by atoms with Crippen molar-refractivity contribution >= 4 is 12.0 Å². The smallest absolute Gasteiger partial charge is 0.262 e. The minimum Gasteiger partial charge on any atom is -0.362 e. The van der Waals surface area contributed by atoms with Crippen molar-refractivity contribution in [2.45, 2.75) is 44.6 Å². The number of rotatable bonds is 3. The summed E-state index contributed by atoms with van der Waals surface area (Å²) in [5.74, 6) is -0.260. The second-order valence-electron chi connectivity index (χ2n) is 4.96. The summed E-state index contributed by atoms with van der Waals surface area (Å²) >= 11 is 0. The van der Waals surface area contributed by atoms with Crippen molar-refractivity contribution in [3.05, 3.63) is 29.6 Å². The van der Waals surface area contributed by atoms with E-state index in [1.54, 1.807) is 12.3 Å². The first kappa shape index (κ1) is 13.4. The maximum atomic E-state index is 12.1. The number of carbonyl (C=O) groups excluding carboxylic acids is 1. The van der Waals surface area contributed by atoms with E-state index in [9.17, 15) is 4.79 Å². The summed E-state index contributed by atoms with van der Waals surface area (Å²) in [5, 5.41) is 12.1. The first-order valence-corrected chi connectivity index (χ1v) is 6.85. The molecule has 1 amide bonds. The first-order valence-electron chi connectivity index (χ1n) is 6.85. The van der Waals surface area contributed by atoms with Gasteiger partial charge in [0.05, 0.1) is 0 Å². The number of hydrogen-bond acceptors (Lipinski definition) is 2. The number of hydrogen-bond donors (Lipinski definition) is 2. The van der Waals surface area contributed by atoms with E-state index in [0.717, 1.165) is 31.4 Å². The minimum absolute atomic E-state index is 0.159. The number of H-pyrrole nitrogens is 1. The molecule has 0 radical (unpaired) electrons. The number of nitrogens with zero attached hydrogens (tertiary/aromatic N) is 1. The normalized spacial score (nSPS) is 17.5. The summed E-state index contributed by atoms with van der Waals surface area (Å²) in [6.45, 7) is 0. The summed E-state index contributed by atoms with van der Waals surface area (Å²) in [6, 6.07) is 5.86. The van der Waals surface area contributed by atoms with Gasteiger partial charge >= 0.3 is 0 Å². The maximum Gasteiger partial charge on any atom is 0.262 e. The summed E-state index contributed by atoms with van der Waals surface area (Å²) < 4.78 is 0. The molecular weight excluding hydrogens is 238 g/mol. The Labute approximate surface area is 113 Å². The van der Waals surface area contributed by atoms with E-state index >= 15 is 0 Å². The van der Waals surface area contributed by atoms with Gasteiger partial charge in [0.2, 0.25) is 0 Å². The molecule has 0 unspecified atom stereocenters. The zero-order chi connectivity index (χ0) is 13.5. The van der Waals surface area contributed by atoms with Crippen LogP contribution < -0.4 is 5.32 Å². The maximum absolute atomic E-state index is 12.1. The monoisotopic (exact) mass is 257 g/mol. The minimum atomic E-state index is -0.260. The molecule has 0 spiro atoms. The Morgan fingerprint density at radius 3 is 2.68 bits per heavy atom. The Kier molecular flexibility index (Phi) is 4.79. The number of carbonyl (C=O) groups is 1. The topological polar surface area (TPSA) is 68.7 Å². The number of nitriles is 1. The van der Waals surface area contributed by atoms with Crippen LogP contribution in [0.3, 0.4) is 0 Å². The van der Waals surface area contributed by atoms with Crippen molar-refractivity contribution < 1.29 is 4.79 Å². The van der Waals surface area contributed by atoms with E-state index in [0.29, 0.717) is 0 Å². The molecule has 1 aromatic heterocycles. The predicted octanol–water partition coefficient (Wildman–Crippen LogP) is 2.76. The highest BCUT2D eigenvalue weighted by molar-refractivity contribution is 6.01. The molecule has 1 heterocycles. The standard InChI is InChI=1S/C15H19N3O/c16-11-12(10-14-8-5-9-17-14)15(19)18-13-6-3-1-2-4-7-13/h5,8-10,13,17H,1-4,6-7H2,(H,18,19)/b12-10+. The molecule has 0 aromatic carbocycles. The number of aromatic nitrogens is 1. The van der Waals surface area contributed by atoms with Crippen molar-refractivity contribution in [1.82, 2.24) is 10.3 Å². The fourth-order valence-electron chi connectivity index (χ4n) is 2.42. The highest BCUT2D eigenvalue weighted by atomic mass is 16.1. The van der Waals surface area contributed by atoms with E-state index in [1.807, 2.05) is 18.2 Å². The quantitative estimate of drug-likeness (QED) is 0.496. The Morgan fingerprint density at radius 2 is 2.11 bits per heavy atom. The molecule has 1 aliphatic rings. The molecule has 0 saturated heterocycles. The van der Waals surface area contributed by atoms with Gasteiger partial charge < -0.3 is 10.3 Å². The molecule has 0 atom stereocenters. The van der Waals surface area contributed by atoms with E-state index in [4.69, 9.17) is 5.26 Å². The Balaban J connectivity index is 1.99. The molecule has 2 N–H and O–H groups in total. The summed E-state index contributed by atoms with van der Waals surface area (Å²) in [5.41, 5.74) is 0.930. The van der Waals surface area contributed by atoms with Gasteiger partial charge in [-0.25, -0.2) is 0 Å². The Morgan fingerprint density at radius 1 is 1.37 bits per heavy atom. The molecule has 1 saturated carbocycles. The summed E-state index contributed by atoms with van der Waals surface area (Å²) in [7, 11) is 0. The first-order chi connectivity index (χ1) is 9.29. The SMILES string of the molecule is N#C/C(=C\c1ccc[nH]1)C(=O)NC1CCCCCC1. The number of nitrogens with one attached hydrogen (secondary N) is 2. The molecule has 100 valence electrons. The van der Waals surface area contributed by atoms with Crippen LogP contribution in [0.25, 0.3) is 6.08 Å². The molecule has 0 aliphatic heterocycles. The third-order valence-corrected chi connectivity index (χ3v) is 3.48. The fraction of sp³-hybridized carbons (Fsp3) is 0.467. The van der Waals surface area contributed by atoms with Crippen molar-refractivity contribution in [2.75, 3.05) is 0 Å². The molecule has 0 bridgehead atoms. The second kappa shape index (κ2) is 6.79. The molecule has 1 fully saturated rings. The van der Waals surface area contributed by atoms with Crippen molar-refractivity contribution in [2.24, 2.45) is 0 Å². The predicted molar refractivity (Wildman–Crippen MR) is 74.0 cm³/mol. The van der Waals surface area contributed by atoms with Crippen molar-refractivity contribution in [3.63, 3.8) is 0 Å². The fourth-order valence-corrected chi connectivity index (χ4v) is 2.42. The highest BCUT2D eigenvalue weighted by Gasteiger charge is 2.17. The van der Waals surface area contributed by atoms with Crippen LogP contribution in [-0.2, 0) is 4.79 Å². The van der Waals surface area contributed by atoms with E-state index < -0.39 is 0 Å². The van der Waals surface area contributed by atoms with Gasteiger partial charge in [0.25, 0.3) is 5.91 Å². The molecular formula is C15H19N3O. The van der Waals surface area contributed by atoms with Gasteiger partial charge in [-0.3, -0.25) is 4.79 Å². The Bertz CT molecular complexity index is 474. The van der Waals surface area contributed by atoms with Crippen molar-refractivity contribution in [3.8, 4) is 6.07 Å². The van der Waals surface area contributed by atoms with Crippen LogP contribution in [0.15, 0.2) is 23.9 Å². The van der Waals surface area contributed by atoms with Crippen molar-refractivity contribution in [1.29, 1.82) is 5.26 Å². The Hall–Kier alpha value is -2.02. The average molecular weight is 257 g/mol. The van der Waals surface area contributed by atoms with Crippen LogP contribution in [0.4, 0.5) is 0 Å². The van der Waals surface area contributed by atoms with Crippen LogP contribution in [0, 0.1) is 11.3 Å². The zero-order valence-electron chi connectivity index (χ0n) is 11.0. The third-order valence-electron chi connectivity index (χ3n) is 3.48. The van der Waals surface area contributed by atoms with Gasteiger partial charge in [-0.2, -0.15) is 5.26 Å². The van der Waals surface area contributed by atoms with E-state index in [2.05, 4.69) is 10.3 Å². The molecule has 4 heteroatoms. The average Bonchev–Trinajstić information content (AvgIpc) is 2.79. The van der Waals surface area contributed by atoms with Crippen LogP contribution in [0.2, 0.25) is 0 Å². The second-order valence-corrected chi connectivity index (χ2v) is 4.96. The van der Waals surface area contributed by atoms with Crippen LogP contribution >= 0.6 is 0 Å². The lowest BCUT2D eigenvalue weighted by atomic mass is 10.1.